The van der Waals surface area contributed by atoms with Crippen molar-refractivity contribution in [2.24, 2.45) is 5.41 Å². The van der Waals surface area contributed by atoms with Crippen LogP contribution in [0.2, 0.25) is 0 Å². The SMILES string of the molecule is CCCC(C)N(C)CC(C)(C)C(=O)O. The van der Waals surface area contributed by atoms with Gasteiger partial charge in [-0.3, -0.25) is 4.79 Å². The molecule has 0 radical (unpaired) electrons. The van der Waals surface area contributed by atoms with E-state index in [-0.39, 0.29) is 0 Å². The average molecular weight is 201 g/mol. The van der Waals surface area contributed by atoms with Gasteiger partial charge in [0.2, 0.25) is 0 Å². The molecule has 0 heterocycles. The van der Waals surface area contributed by atoms with Gasteiger partial charge in [-0.25, -0.2) is 0 Å². The number of carboxylic acids is 1. The lowest BCUT2D eigenvalue weighted by molar-refractivity contribution is -0.148. The standard InChI is InChI=1S/C11H23NO2/c1-6-7-9(2)12(5)8-11(3,4)10(13)14/h9H,6-8H2,1-5H3,(H,13,14). The predicted octanol–water partition coefficient (Wildman–Crippen LogP) is 2.22. The second kappa shape index (κ2) is 5.35. The molecule has 0 aromatic carbocycles. The zero-order valence-corrected chi connectivity index (χ0v) is 10.0. The highest BCUT2D eigenvalue weighted by atomic mass is 16.4. The van der Waals surface area contributed by atoms with Crippen LogP contribution in [0.25, 0.3) is 0 Å². The van der Waals surface area contributed by atoms with E-state index in [0.29, 0.717) is 12.6 Å². The zero-order valence-electron chi connectivity index (χ0n) is 10.0. The fourth-order valence-electron chi connectivity index (χ4n) is 1.49. The van der Waals surface area contributed by atoms with E-state index in [9.17, 15) is 4.79 Å². The normalized spacial score (nSPS) is 14.4. The summed E-state index contributed by atoms with van der Waals surface area (Å²) in [6.07, 6.45) is 2.26. The van der Waals surface area contributed by atoms with E-state index >= 15 is 0 Å². The Hall–Kier alpha value is -0.570. The highest BCUT2D eigenvalue weighted by Gasteiger charge is 2.29. The molecule has 1 unspecified atom stereocenters. The van der Waals surface area contributed by atoms with Crippen molar-refractivity contribution in [2.75, 3.05) is 13.6 Å². The van der Waals surface area contributed by atoms with Crippen LogP contribution in [0.5, 0.6) is 0 Å². The third-order valence-corrected chi connectivity index (χ3v) is 2.68. The van der Waals surface area contributed by atoms with E-state index in [4.69, 9.17) is 5.11 Å². The Balaban J connectivity index is 4.16. The van der Waals surface area contributed by atoms with Gasteiger partial charge in [0.25, 0.3) is 0 Å². The monoisotopic (exact) mass is 201 g/mol. The van der Waals surface area contributed by atoms with Crippen LogP contribution >= 0.6 is 0 Å². The van der Waals surface area contributed by atoms with E-state index < -0.39 is 11.4 Å². The molecule has 0 aliphatic heterocycles. The minimum absolute atomic E-state index is 0.457. The summed E-state index contributed by atoms with van der Waals surface area (Å²) in [6.45, 7) is 8.42. The lowest BCUT2D eigenvalue weighted by Crippen LogP contribution is -2.41. The molecule has 0 aromatic rings. The van der Waals surface area contributed by atoms with Crippen molar-refractivity contribution in [3.63, 3.8) is 0 Å². The molecule has 3 nitrogen and oxygen atoms in total. The van der Waals surface area contributed by atoms with Crippen LogP contribution in [-0.4, -0.2) is 35.6 Å². The van der Waals surface area contributed by atoms with Crippen molar-refractivity contribution in [1.82, 2.24) is 4.90 Å². The average Bonchev–Trinajstić information content (AvgIpc) is 2.03. The molecule has 0 aliphatic rings. The van der Waals surface area contributed by atoms with Crippen LogP contribution < -0.4 is 0 Å². The van der Waals surface area contributed by atoms with Gasteiger partial charge in [0.1, 0.15) is 0 Å². The van der Waals surface area contributed by atoms with Crippen molar-refractivity contribution in [1.29, 1.82) is 0 Å². The molecular weight excluding hydrogens is 178 g/mol. The van der Waals surface area contributed by atoms with Crippen molar-refractivity contribution in [2.45, 2.75) is 46.6 Å². The van der Waals surface area contributed by atoms with Crippen molar-refractivity contribution in [3.8, 4) is 0 Å². The Bertz CT molecular complexity index is 190. The molecule has 0 saturated heterocycles. The van der Waals surface area contributed by atoms with E-state index in [1.165, 1.54) is 0 Å². The van der Waals surface area contributed by atoms with Gasteiger partial charge in [0, 0.05) is 12.6 Å². The molecule has 84 valence electrons. The van der Waals surface area contributed by atoms with Gasteiger partial charge in [-0.15, -0.1) is 0 Å². The molecule has 0 fully saturated rings. The van der Waals surface area contributed by atoms with Gasteiger partial charge in [-0.1, -0.05) is 13.3 Å². The third-order valence-electron chi connectivity index (χ3n) is 2.68. The zero-order chi connectivity index (χ0) is 11.4. The lowest BCUT2D eigenvalue weighted by Gasteiger charge is -2.31. The molecule has 1 atom stereocenters. The summed E-state index contributed by atoms with van der Waals surface area (Å²) in [5, 5.41) is 8.98. The predicted molar refractivity (Wildman–Crippen MR) is 58.4 cm³/mol. The number of aliphatic carboxylic acids is 1. The fourth-order valence-corrected chi connectivity index (χ4v) is 1.49. The Morgan fingerprint density at radius 2 is 2.00 bits per heavy atom. The van der Waals surface area contributed by atoms with E-state index in [2.05, 4.69) is 18.7 Å². The molecular formula is C11H23NO2. The number of hydrogen-bond donors (Lipinski definition) is 1. The second-order valence-electron chi connectivity index (χ2n) is 4.74. The maximum Gasteiger partial charge on any atom is 0.310 e. The molecule has 1 N–H and O–H groups in total. The summed E-state index contributed by atoms with van der Waals surface area (Å²) in [5.74, 6) is -0.729. The number of carbonyl (C=O) groups is 1. The van der Waals surface area contributed by atoms with E-state index in [0.717, 1.165) is 12.8 Å². The van der Waals surface area contributed by atoms with Gasteiger partial charge in [0.15, 0.2) is 0 Å². The topological polar surface area (TPSA) is 40.5 Å². The van der Waals surface area contributed by atoms with Crippen molar-refractivity contribution >= 4 is 5.97 Å². The number of hydrogen-bond acceptors (Lipinski definition) is 2. The van der Waals surface area contributed by atoms with Gasteiger partial charge in [0.05, 0.1) is 5.41 Å². The van der Waals surface area contributed by atoms with Crippen molar-refractivity contribution in [3.05, 3.63) is 0 Å². The fraction of sp³-hybridized carbons (Fsp3) is 0.909. The molecule has 0 rings (SSSR count). The molecule has 0 saturated carbocycles. The number of nitrogens with zero attached hydrogens (tertiary/aromatic N) is 1. The molecule has 0 aromatic heterocycles. The Morgan fingerprint density at radius 3 is 2.36 bits per heavy atom. The summed E-state index contributed by atoms with van der Waals surface area (Å²) < 4.78 is 0. The highest BCUT2D eigenvalue weighted by molar-refractivity contribution is 5.73. The number of carboxylic acid groups (broad SMARTS) is 1. The van der Waals surface area contributed by atoms with Crippen molar-refractivity contribution < 1.29 is 9.90 Å². The minimum atomic E-state index is -0.729. The van der Waals surface area contributed by atoms with Crippen LogP contribution in [0, 0.1) is 5.41 Å². The smallest absolute Gasteiger partial charge is 0.310 e. The van der Waals surface area contributed by atoms with Gasteiger partial charge < -0.3 is 10.0 Å². The maximum absolute atomic E-state index is 10.9. The minimum Gasteiger partial charge on any atom is -0.481 e. The van der Waals surface area contributed by atoms with E-state index in [1.807, 2.05) is 7.05 Å². The van der Waals surface area contributed by atoms with Crippen LogP contribution in [0.1, 0.15) is 40.5 Å². The molecule has 0 spiro atoms. The largest absolute Gasteiger partial charge is 0.481 e. The molecule has 14 heavy (non-hydrogen) atoms. The van der Waals surface area contributed by atoms with E-state index in [1.54, 1.807) is 13.8 Å². The summed E-state index contributed by atoms with van der Waals surface area (Å²) >= 11 is 0. The van der Waals surface area contributed by atoms with Crippen LogP contribution in [0.3, 0.4) is 0 Å². The molecule has 0 bridgehead atoms. The van der Waals surface area contributed by atoms with Crippen LogP contribution in [0.4, 0.5) is 0 Å². The molecule has 0 aliphatic carbocycles. The summed E-state index contributed by atoms with van der Waals surface area (Å²) in [4.78, 5) is 13.0. The first-order valence-electron chi connectivity index (χ1n) is 5.25. The summed E-state index contributed by atoms with van der Waals surface area (Å²) in [7, 11) is 1.99. The number of rotatable bonds is 6. The second-order valence-corrected chi connectivity index (χ2v) is 4.74. The van der Waals surface area contributed by atoms with Crippen LogP contribution in [0.15, 0.2) is 0 Å². The molecule has 3 heteroatoms. The lowest BCUT2D eigenvalue weighted by atomic mass is 9.92. The quantitative estimate of drug-likeness (QED) is 0.716. The first kappa shape index (κ1) is 13.4. The van der Waals surface area contributed by atoms with Crippen LogP contribution in [-0.2, 0) is 4.79 Å². The Kier molecular flexibility index (Phi) is 5.13. The summed E-state index contributed by atoms with van der Waals surface area (Å²) in [6, 6.07) is 0.457. The van der Waals surface area contributed by atoms with Gasteiger partial charge >= 0.3 is 5.97 Å². The maximum atomic E-state index is 10.9. The Labute approximate surface area is 87.1 Å². The first-order chi connectivity index (χ1) is 6.31. The Morgan fingerprint density at radius 1 is 1.50 bits per heavy atom. The highest BCUT2D eigenvalue weighted by Crippen LogP contribution is 2.18. The van der Waals surface area contributed by atoms with Gasteiger partial charge in [-0.05, 0) is 34.2 Å². The third kappa shape index (κ3) is 4.09. The first-order valence-corrected chi connectivity index (χ1v) is 5.25. The summed E-state index contributed by atoms with van der Waals surface area (Å²) in [5.41, 5.74) is -0.656. The van der Waals surface area contributed by atoms with Gasteiger partial charge in [-0.2, -0.15) is 0 Å². The molecule has 0 amide bonds.